The summed E-state index contributed by atoms with van der Waals surface area (Å²) >= 11 is 0. The van der Waals surface area contributed by atoms with Crippen LogP contribution < -0.4 is 5.73 Å². The molecule has 1 aromatic carbocycles. The summed E-state index contributed by atoms with van der Waals surface area (Å²) in [5.74, 6) is 0. The number of nitrogens with zero attached hydrogens (tertiary/aromatic N) is 1. The molecule has 3 nitrogen and oxygen atoms in total. The van der Waals surface area contributed by atoms with E-state index in [1.807, 2.05) is 12.1 Å². The molecule has 0 aromatic heterocycles. The van der Waals surface area contributed by atoms with Gasteiger partial charge in [0.25, 0.3) is 0 Å². The maximum absolute atomic E-state index is 5.85. The summed E-state index contributed by atoms with van der Waals surface area (Å²) in [5.41, 5.74) is 8.02. The summed E-state index contributed by atoms with van der Waals surface area (Å²) in [5, 5.41) is 0. The maximum atomic E-state index is 5.85. The molecule has 2 fully saturated rings. The Hall–Kier alpha value is -1.06. The summed E-state index contributed by atoms with van der Waals surface area (Å²) < 4.78 is 5.85. The van der Waals surface area contributed by atoms with E-state index < -0.39 is 0 Å². The number of likely N-dealkylation sites (tertiary alicyclic amines) is 1. The van der Waals surface area contributed by atoms with Crippen molar-refractivity contribution in [2.45, 2.75) is 37.9 Å². The highest BCUT2D eigenvalue weighted by Crippen LogP contribution is 2.26. The molecule has 2 bridgehead atoms. The van der Waals surface area contributed by atoms with Crippen molar-refractivity contribution >= 4 is 5.69 Å². The monoisotopic (exact) mass is 246 g/mol. The summed E-state index contributed by atoms with van der Waals surface area (Å²) in [6, 6.07) is 8.24. The molecule has 2 aliphatic heterocycles. The van der Waals surface area contributed by atoms with Crippen LogP contribution in [0.15, 0.2) is 24.3 Å². The molecule has 3 rings (SSSR count). The van der Waals surface area contributed by atoms with Gasteiger partial charge in [0, 0.05) is 18.8 Å². The quantitative estimate of drug-likeness (QED) is 0.827. The third-order valence-electron chi connectivity index (χ3n) is 4.01. The zero-order valence-corrected chi connectivity index (χ0v) is 10.8. The third-order valence-corrected chi connectivity index (χ3v) is 4.01. The van der Waals surface area contributed by atoms with E-state index in [2.05, 4.69) is 17.0 Å². The van der Waals surface area contributed by atoms with Crippen LogP contribution in [0.1, 0.15) is 24.8 Å². The number of fused-ring (bicyclic) bond motifs is 2. The first-order valence-corrected chi connectivity index (χ1v) is 7.02. The Labute approximate surface area is 109 Å². The van der Waals surface area contributed by atoms with Gasteiger partial charge in [-0.25, -0.2) is 0 Å². The molecular weight excluding hydrogens is 224 g/mol. The third kappa shape index (κ3) is 2.85. The standard InChI is InChI=1S/C15H22N2O/c16-13-5-1-3-12(9-13)4-2-8-17-10-14-6-7-15(11-17)18-14/h1,3,5,9,14-15H,2,4,6-8,10-11,16H2. The highest BCUT2D eigenvalue weighted by molar-refractivity contribution is 5.40. The van der Waals surface area contributed by atoms with E-state index in [1.165, 1.54) is 31.4 Å². The van der Waals surface area contributed by atoms with Crippen molar-refractivity contribution in [3.8, 4) is 0 Å². The van der Waals surface area contributed by atoms with Crippen molar-refractivity contribution in [3.63, 3.8) is 0 Å². The number of nitrogen functional groups attached to an aromatic ring is 1. The summed E-state index contributed by atoms with van der Waals surface area (Å²) in [6.45, 7) is 3.45. The number of morpholine rings is 1. The first-order chi connectivity index (χ1) is 8.79. The van der Waals surface area contributed by atoms with Gasteiger partial charge < -0.3 is 10.5 Å². The molecule has 0 spiro atoms. The molecule has 1 aromatic rings. The van der Waals surface area contributed by atoms with E-state index in [0.717, 1.165) is 25.2 Å². The molecule has 0 saturated carbocycles. The van der Waals surface area contributed by atoms with Gasteiger partial charge in [0.05, 0.1) is 12.2 Å². The number of nitrogens with two attached hydrogens (primary N) is 1. The van der Waals surface area contributed by atoms with E-state index in [0.29, 0.717) is 12.2 Å². The van der Waals surface area contributed by atoms with Crippen molar-refractivity contribution in [2.75, 3.05) is 25.4 Å². The SMILES string of the molecule is Nc1cccc(CCCN2CC3CCC(C2)O3)c1. The van der Waals surface area contributed by atoms with Crippen LogP contribution >= 0.6 is 0 Å². The first-order valence-electron chi connectivity index (χ1n) is 7.02. The predicted octanol–water partition coefficient (Wildman–Crippen LogP) is 2.06. The largest absolute Gasteiger partial charge is 0.399 e. The predicted molar refractivity (Wildman–Crippen MR) is 73.5 cm³/mol. The van der Waals surface area contributed by atoms with E-state index >= 15 is 0 Å². The number of anilines is 1. The van der Waals surface area contributed by atoms with Crippen LogP contribution in [0.5, 0.6) is 0 Å². The Morgan fingerprint density at radius 2 is 2.00 bits per heavy atom. The molecule has 2 unspecified atom stereocenters. The zero-order chi connectivity index (χ0) is 12.4. The summed E-state index contributed by atoms with van der Waals surface area (Å²) in [7, 11) is 0. The van der Waals surface area contributed by atoms with Gasteiger partial charge in [0.15, 0.2) is 0 Å². The minimum Gasteiger partial charge on any atom is -0.399 e. The molecule has 2 heterocycles. The van der Waals surface area contributed by atoms with E-state index in [1.54, 1.807) is 0 Å². The molecule has 0 aliphatic carbocycles. The van der Waals surface area contributed by atoms with Gasteiger partial charge >= 0.3 is 0 Å². The first kappa shape index (κ1) is 12.0. The van der Waals surface area contributed by atoms with Crippen LogP contribution in [0.3, 0.4) is 0 Å². The van der Waals surface area contributed by atoms with Crippen molar-refractivity contribution in [1.29, 1.82) is 0 Å². The molecule has 0 amide bonds. The second-order valence-corrected chi connectivity index (χ2v) is 5.57. The number of ether oxygens (including phenoxy) is 1. The minimum absolute atomic E-state index is 0.510. The number of rotatable bonds is 4. The van der Waals surface area contributed by atoms with Crippen LogP contribution in [0.4, 0.5) is 5.69 Å². The van der Waals surface area contributed by atoms with Crippen molar-refractivity contribution in [2.24, 2.45) is 0 Å². The van der Waals surface area contributed by atoms with Crippen LogP contribution in [0.25, 0.3) is 0 Å². The second kappa shape index (κ2) is 5.29. The van der Waals surface area contributed by atoms with Crippen LogP contribution in [0.2, 0.25) is 0 Å². The maximum Gasteiger partial charge on any atom is 0.0707 e. The van der Waals surface area contributed by atoms with Crippen LogP contribution in [0, 0.1) is 0 Å². The molecule has 2 saturated heterocycles. The Bertz CT molecular complexity index is 395. The van der Waals surface area contributed by atoms with Gasteiger partial charge in [0.1, 0.15) is 0 Å². The Balaban J connectivity index is 1.45. The fraction of sp³-hybridized carbons (Fsp3) is 0.600. The lowest BCUT2D eigenvalue weighted by Gasteiger charge is -2.32. The van der Waals surface area contributed by atoms with Crippen molar-refractivity contribution in [3.05, 3.63) is 29.8 Å². The fourth-order valence-electron chi connectivity index (χ4n) is 3.14. The second-order valence-electron chi connectivity index (χ2n) is 5.57. The fourth-order valence-corrected chi connectivity index (χ4v) is 3.14. The molecule has 0 radical (unpaired) electrons. The topological polar surface area (TPSA) is 38.5 Å². The minimum atomic E-state index is 0.510. The van der Waals surface area contributed by atoms with Gasteiger partial charge in [-0.05, 0) is 49.9 Å². The highest BCUT2D eigenvalue weighted by atomic mass is 16.5. The van der Waals surface area contributed by atoms with Gasteiger partial charge in [0.2, 0.25) is 0 Å². The van der Waals surface area contributed by atoms with E-state index in [4.69, 9.17) is 10.5 Å². The molecule has 2 atom stereocenters. The lowest BCUT2D eigenvalue weighted by atomic mass is 10.1. The van der Waals surface area contributed by atoms with Gasteiger partial charge in [-0.2, -0.15) is 0 Å². The van der Waals surface area contributed by atoms with E-state index in [-0.39, 0.29) is 0 Å². The molecule has 3 heteroatoms. The zero-order valence-electron chi connectivity index (χ0n) is 10.8. The molecule has 2 aliphatic rings. The molecule has 2 N–H and O–H groups in total. The van der Waals surface area contributed by atoms with Gasteiger partial charge in [-0.3, -0.25) is 4.90 Å². The summed E-state index contributed by atoms with van der Waals surface area (Å²) in [4.78, 5) is 2.57. The van der Waals surface area contributed by atoms with Gasteiger partial charge in [-0.15, -0.1) is 0 Å². The van der Waals surface area contributed by atoms with Crippen molar-refractivity contribution < 1.29 is 4.74 Å². The van der Waals surface area contributed by atoms with Crippen LogP contribution in [-0.2, 0) is 11.2 Å². The average Bonchev–Trinajstić information content (AvgIpc) is 2.69. The molecule has 18 heavy (non-hydrogen) atoms. The average molecular weight is 246 g/mol. The van der Waals surface area contributed by atoms with E-state index in [9.17, 15) is 0 Å². The highest BCUT2D eigenvalue weighted by Gasteiger charge is 2.33. The number of aryl methyl sites for hydroxylation is 1. The lowest BCUT2D eigenvalue weighted by Crippen LogP contribution is -2.42. The lowest BCUT2D eigenvalue weighted by molar-refractivity contribution is -0.0383. The van der Waals surface area contributed by atoms with Gasteiger partial charge in [-0.1, -0.05) is 12.1 Å². The molecular formula is C15H22N2O. The smallest absolute Gasteiger partial charge is 0.0707 e. The number of hydrogen-bond donors (Lipinski definition) is 1. The number of hydrogen-bond acceptors (Lipinski definition) is 3. The number of benzene rings is 1. The van der Waals surface area contributed by atoms with Crippen LogP contribution in [-0.4, -0.2) is 36.7 Å². The summed E-state index contributed by atoms with van der Waals surface area (Å²) in [6.07, 6.45) is 5.88. The Morgan fingerprint density at radius 3 is 2.72 bits per heavy atom. The molecule has 98 valence electrons. The van der Waals surface area contributed by atoms with Crippen molar-refractivity contribution in [1.82, 2.24) is 4.90 Å². The normalized spacial score (nSPS) is 27.6. The Morgan fingerprint density at radius 1 is 1.22 bits per heavy atom. The Kier molecular flexibility index (Phi) is 3.52.